The maximum atomic E-state index is 12.6. The number of hydrogen-bond acceptors (Lipinski definition) is 5. The van der Waals surface area contributed by atoms with Gasteiger partial charge in [0.2, 0.25) is 5.91 Å². The largest absolute Gasteiger partial charge is 0.348 e. The van der Waals surface area contributed by atoms with E-state index in [1.165, 1.54) is 34.7 Å². The molecule has 2 aromatic carbocycles. The fraction of sp³-hybridized carbons (Fsp3) is 0.250. The number of amides is 1. The summed E-state index contributed by atoms with van der Waals surface area (Å²) in [7, 11) is 0. The molecule has 0 spiro atoms. The molecule has 8 nitrogen and oxygen atoms in total. The van der Waals surface area contributed by atoms with Gasteiger partial charge in [0, 0.05) is 12.1 Å². The SMILES string of the molecule is O=C(Cn1cnc2cc([N+](=O)[O-])ccc2c1=O)NC1CCCc2ccccc21. The van der Waals surface area contributed by atoms with Crippen molar-refractivity contribution < 1.29 is 9.72 Å². The van der Waals surface area contributed by atoms with Gasteiger partial charge in [-0.25, -0.2) is 4.98 Å². The monoisotopic (exact) mass is 378 g/mol. The van der Waals surface area contributed by atoms with Crippen molar-refractivity contribution >= 4 is 22.5 Å². The van der Waals surface area contributed by atoms with Crippen LogP contribution in [0.1, 0.15) is 30.0 Å². The smallest absolute Gasteiger partial charge is 0.271 e. The van der Waals surface area contributed by atoms with Gasteiger partial charge in [-0.15, -0.1) is 0 Å². The van der Waals surface area contributed by atoms with Crippen LogP contribution < -0.4 is 10.9 Å². The second-order valence-corrected chi connectivity index (χ2v) is 6.85. The van der Waals surface area contributed by atoms with Crippen LogP contribution >= 0.6 is 0 Å². The van der Waals surface area contributed by atoms with Gasteiger partial charge < -0.3 is 5.32 Å². The predicted molar refractivity (Wildman–Crippen MR) is 103 cm³/mol. The maximum absolute atomic E-state index is 12.6. The van der Waals surface area contributed by atoms with E-state index >= 15 is 0 Å². The molecule has 0 aliphatic heterocycles. The molecule has 28 heavy (non-hydrogen) atoms. The average Bonchev–Trinajstić information content (AvgIpc) is 2.70. The Labute approximate surface area is 160 Å². The summed E-state index contributed by atoms with van der Waals surface area (Å²) >= 11 is 0. The number of nitro groups is 1. The normalized spacial score (nSPS) is 15.8. The number of carbonyl (C=O) groups is 1. The first-order valence-electron chi connectivity index (χ1n) is 9.03. The summed E-state index contributed by atoms with van der Waals surface area (Å²) in [6.07, 6.45) is 4.11. The number of nitrogens with zero attached hydrogens (tertiary/aromatic N) is 3. The van der Waals surface area contributed by atoms with Gasteiger partial charge in [-0.05, 0) is 36.5 Å². The zero-order valence-electron chi connectivity index (χ0n) is 15.0. The standard InChI is InChI=1S/C20H18N4O4/c25-19(22-17-7-3-5-13-4-1-2-6-15(13)17)11-23-12-21-18-10-14(24(27)28)8-9-16(18)20(23)26/h1-2,4,6,8-10,12,17H,3,5,7,11H2,(H,22,25). The van der Waals surface area contributed by atoms with Crippen LogP contribution in [0.25, 0.3) is 10.9 Å². The molecule has 1 amide bonds. The first-order valence-corrected chi connectivity index (χ1v) is 9.03. The zero-order valence-corrected chi connectivity index (χ0v) is 15.0. The molecule has 3 aromatic rings. The van der Waals surface area contributed by atoms with Gasteiger partial charge in [-0.2, -0.15) is 0 Å². The molecule has 0 fully saturated rings. The van der Waals surface area contributed by atoms with E-state index in [1.807, 2.05) is 18.2 Å². The summed E-state index contributed by atoms with van der Waals surface area (Å²) < 4.78 is 1.22. The zero-order chi connectivity index (χ0) is 19.7. The van der Waals surface area contributed by atoms with Crippen LogP contribution in [0.3, 0.4) is 0 Å². The highest BCUT2D eigenvalue weighted by Gasteiger charge is 2.21. The number of rotatable bonds is 4. The van der Waals surface area contributed by atoms with Gasteiger partial charge in [0.05, 0.1) is 28.2 Å². The van der Waals surface area contributed by atoms with Crippen molar-refractivity contribution in [2.45, 2.75) is 31.8 Å². The van der Waals surface area contributed by atoms with E-state index in [2.05, 4.69) is 16.4 Å². The number of benzene rings is 2. The molecule has 0 saturated heterocycles. The molecule has 4 rings (SSSR count). The number of carbonyl (C=O) groups excluding carboxylic acids is 1. The fourth-order valence-corrected chi connectivity index (χ4v) is 3.67. The van der Waals surface area contributed by atoms with Crippen molar-refractivity contribution in [3.05, 3.63) is 80.4 Å². The second kappa shape index (κ2) is 7.22. The molecule has 0 saturated carbocycles. The molecule has 0 bridgehead atoms. The summed E-state index contributed by atoms with van der Waals surface area (Å²) in [5, 5.41) is 14.1. The number of non-ortho nitro benzene ring substituents is 1. The number of nitro benzene ring substituents is 1. The minimum absolute atomic E-state index is 0.0655. The Morgan fingerprint density at radius 2 is 2.11 bits per heavy atom. The van der Waals surface area contributed by atoms with Crippen molar-refractivity contribution in [1.29, 1.82) is 0 Å². The number of fused-ring (bicyclic) bond motifs is 2. The van der Waals surface area contributed by atoms with Gasteiger partial charge in [-0.3, -0.25) is 24.3 Å². The molecule has 0 radical (unpaired) electrons. The molecule has 1 unspecified atom stereocenters. The van der Waals surface area contributed by atoms with Crippen molar-refractivity contribution in [2.24, 2.45) is 0 Å². The Hall–Kier alpha value is -3.55. The Bertz CT molecular complexity index is 1140. The molecule has 1 heterocycles. The van der Waals surface area contributed by atoms with Crippen molar-refractivity contribution in [3.63, 3.8) is 0 Å². The third kappa shape index (κ3) is 3.36. The molecule has 8 heteroatoms. The van der Waals surface area contributed by atoms with Gasteiger partial charge in [0.25, 0.3) is 11.2 Å². The molecule has 1 aliphatic carbocycles. The van der Waals surface area contributed by atoms with E-state index in [0.717, 1.165) is 24.8 Å². The van der Waals surface area contributed by atoms with E-state index in [-0.39, 0.29) is 35.1 Å². The van der Waals surface area contributed by atoms with Crippen LogP contribution in [-0.4, -0.2) is 20.4 Å². The maximum Gasteiger partial charge on any atom is 0.271 e. The summed E-state index contributed by atoms with van der Waals surface area (Å²) in [6, 6.07) is 11.9. The Kier molecular flexibility index (Phi) is 4.60. The van der Waals surface area contributed by atoms with Gasteiger partial charge in [0.15, 0.2) is 0 Å². The lowest BCUT2D eigenvalue weighted by Crippen LogP contribution is -2.36. The molecular formula is C20H18N4O4. The summed E-state index contributed by atoms with van der Waals surface area (Å²) in [4.78, 5) is 39.6. The third-order valence-electron chi connectivity index (χ3n) is 5.04. The highest BCUT2D eigenvalue weighted by Crippen LogP contribution is 2.29. The molecule has 1 aliphatic rings. The lowest BCUT2D eigenvalue weighted by Gasteiger charge is -2.26. The lowest BCUT2D eigenvalue weighted by molar-refractivity contribution is -0.384. The number of aromatic nitrogens is 2. The Balaban J connectivity index is 1.54. The highest BCUT2D eigenvalue weighted by molar-refractivity contribution is 5.81. The van der Waals surface area contributed by atoms with E-state index in [0.29, 0.717) is 0 Å². The summed E-state index contributed by atoms with van der Waals surface area (Å²) in [6.45, 7) is -0.155. The van der Waals surface area contributed by atoms with Gasteiger partial charge in [0.1, 0.15) is 6.54 Å². The average molecular weight is 378 g/mol. The molecule has 1 atom stereocenters. The summed E-state index contributed by atoms with van der Waals surface area (Å²) in [5.41, 5.74) is 2.06. The van der Waals surface area contributed by atoms with Crippen molar-refractivity contribution in [1.82, 2.24) is 14.9 Å². The number of nitrogens with one attached hydrogen (secondary N) is 1. The third-order valence-corrected chi connectivity index (χ3v) is 5.04. The topological polar surface area (TPSA) is 107 Å². The van der Waals surface area contributed by atoms with E-state index < -0.39 is 10.5 Å². The fourth-order valence-electron chi connectivity index (χ4n) is 3.67. The second-order valence-electron chi connectivity index (χ2n) is 6.85. The predicted octanol–water partition coefficient (Wildman–Crippen LogP) is 2.50. The Morgan fingerprint density at radius 3 is 2.93 bits per heavy atom. The van der Waals surface area contributed by atoms with Crippen molar-refractivity contribution in [2.75, 3.05) is 0 Å². The summed E-state index contributed by atoms with van der Waals surface area (Å²) in [5.74, 6) is -0.271. The van der Waals surface area contributed by atoms with Crippen LogP contribution in [0, 0.1) is 10.1 Å². The molecule has 1 N–H and O–H groups in total. The minimum atomic E-state index is -0.540. The number of hydrogen-bond donors (Lipinski definition) is 1. The first-order chi connectivity index (χ1) is 13.5. The number of aryl methyl sites for hydroxylation is 1. The van der Waals surface area contributed by atoms with Crippen LogP contribution in [0.2, 0.25) is 0 Å². The van der Waals surface area contributed by atoms with E-state index in [1.54, 1.807) is 0 Å². The van der Waals surface area contributed by atoms with Crippen molar-refractivity contribution in [3.8, 4) is 0 Å². The minimum Gasteiger partial charge on any atom is -0.348 e. The van der Waals surface area contributed by atoms with Crippen LogP contribution in [0.15, 0.2) is 53.6 Å². The van der Waals surface area contributed by atoms with Crippen LogP contribution in [0.5, 0.6) is 0 Å². The Morgan fingerprint density at radius 1 is 1.29 bits per heavy atom. The molecular weight excluding hydrogens is 360 g/mol. The lowest BCUT2D eigenvalue weighted by atomic mass is 9.88. The molecule has 142 valence electrons. The van der Waals surface area contributed by atoms with E-state index in [9.17, 15) is 19.7 Å². The first kappa shape index (κ1) is 17.8. The quantitative estimate of drug-likeness (QED) is 0.554. The van der Waals surface area contributed by atoms with Crippen LogP contribution in [0.4, 0.5) is 5.69 Å². The van der Waals surface area contributed by atoms with Gasteiger partial charge >= 0.3 is 0 Å². The molecule has 1 aromatic heterocycles. The van der Waals surface area contributed by atoms with E-state index in [4.69, 9.17) is 0 Å². The van der Waals surface area contributed by atoms with Crippen LogP contribution in [-0.2, 0) is 17.8 Å². The van der Waals surface area contributed by atoms with Gasteiger partial charge in [-0.1, -0.05) is 24.3 Å². The highest BCUT2D eigenvalue weighted by atomic mass is 16.6.